The van der Waals surface area contributed by atoms with Gasteiger partial charge in [-0.25, -0.2) is 0 Å². The van der Waals surface area contributed by atoms with E-state index >= 15 is 0 Å². The van der Waals surface area contributed by atoms with Crippen molar-refractivity contribution < 1.29 is 35.9 Å². The van der Waals surface area contributed by atoms with Gasteiger partial charge in [0.1, 0.15) is 6.04 Å². The summed E-state index contributed by atoms with van der Waals surface area (Å²) in [5.74, 6) is -2.62. The van der Waals surface area contributed by atoms with Crippen LogP contribution < -0.4 is 11.1 Å². The van der Waals surface area contributed by atoms with E-state index in [1.807, 2.05) is 0 Å². The molecule has 0 unspecified atom stereocenters. The Kier molecular flexibility index (Phi) is 7.52. The lowest BCUT2D eigenvalue weighted by atomic mass is 9.84. The standard InChI is InChI=1S/C25H20F6N2O2/c26-24(27,28)18-11-15(12-19(14-18)25(29,30)31)13-20(34)33-22(23(32)35)21(16-7-3-1-4-8-16)17-9-5-2-6-10-17/h1-12,14,21-22H,13H2,(H2,32,35)(H,33,34)/t22-/m0/s1. The molecule has 10 heteroatoms. The molecule has 3 aromatic carbocycles. The third-order valence-electron chi connectivity index (χ3n) is 5.29. The van der Waals surface area contributed by atoms with Gasteiger partial charge in [0.25, 0.3) is 0 Å². The molecule has 0 spiro atoms. The highest BCUT2D eigenvalue weighted by Crippen LogP contribution is 2.36. The van der Waals surface area contributed by atoms with E-state index in [-0.39, 0.29) is 6.07 Å². The van der Waals surface area contributed by atoms with Crippen LogP contribution in [0.15, 0.2) is 78.9 Å². The Hall–Kier alpha value is -3.82. The lowest BCUT2D eigenvalue weighted by Crippen LogP contribution is -2.49. The van der Waals surface area contributed by atoms with Crippen molar-refractivity contribution in [1.29, 1.82) is 0 Å². The summed E-state index contributed by atoms with van der Waals surface area (Å²) in [6.07, 6.45) is -10.9. The van der Waals surface area contributed by atoms with Crippen molar-refractivity contribution in [2.24, 2.45) is 5.73 Å². The molecule has 0 radical (unpaired) electrons. The normalized spacial score (nSPS) is 12.9. The number of benzene rings is 3. The van der Waals surface area contributed by atoms with Crippen LogP contribution in [0.4, 0.5) is 26.3 Å². The number of amides is 2. The molecule has 0 bridgehead atoms. The molecule has 0 saturated carbocycles. The highest BCUT2D eigenvalue weighted by molar-refractivity contribution is 5.89. The quantitative estimate of drug-likeness (QED) is 0.451. The van der Waals surface area contributed by atoms with Crippen LogP contribution in [-0.2, 0) is 28.4 Å². The van der Waals surface area contributed by atoms with E-state index in [1.165, 1.54) is 0 Å². The van der Waals surface area contributed by atoms with Crippen molar-refractivity contribution in [2.75, 3.05) is 0 Å². The fourth-order valence-corrected chi connectivity index (χ4v) is 3.75. The number of hydrogen-bond acceptors (Lipinski definition) is 2. The molecule has 0 aliphatic rings. The summed E-state index contributed by atoms with van der Waals surface area (Å²) in [6.45, 7) is 0. The summed E-state index contributed by atoms with van der Waals surface area (Å²) in [4.78, 5) is 25.1. The summed E-state index contributed by atoms with van der Waals surface area (Å²) in [5.41, 5.74) is 3.24. The Labute approximate surface area is 196 Å². The molecular weight excluding hydrogens is 474 g/mol. The Morgan fingerprint density at radius 3 is 1.54 bits per heavy atom. The average molecular weight is 494 g/mol. The van der Waals surface area contributed by atoms with Crippen molar-refractivity contribution in [1.82, 2.24) is 5.32 Å². The maximum Gasteiger partial charge on any atom is 0.416 e. The van der Waals surface area contributed by atoms with Gasteiger partial charge < -0.3 is 11.1 Å². The minimum Gasteiger partial charge on any atom is -0.368 e. The number of halogens is 6. The van der Waals surface area contributed by atoms with Crippen molar-refractivity contribution in [3.63, 3.8) is 0 Å². The molecule has 3 N–H and O–H groups in total. The summed E-state index contributed by atoms with van der Waals surface area (Å²) in [5, 5.41) is 2.40. The van der Waals surface area contributed by atoms with Gasteiger partial charge in [0, 0.05) is 5.92 Å². The number of nitrogens with two attached hydrogens (primary N) is 1. The van der Waals surface area contributed by atoms with Crippen LogP contribution in [0.3, 0.4) is 0 Å². The van der Waals surface area contributed by atoms with Gasteiger partial charge in [-0.1, -0.05) is 60.7 Å². The molecule has 184 valence electrons. The molecular formula is C25H20F6N2O2. The number of nitrogens with one attached hydrogen (secondary N) is 1. The first-order valence-corrected chi connectivity index (χ1v) is 10.3. The fraction of sp³-hybridized carbons (Fsp3) is 0.200. The fourth-order valence-electron chi connectivity index (χ4n) is 3.75. The lowest BCUT2D eigenvalue weighted by Gasteiger charge is -2.27. The first-order chi connectivity index (χ1) is 16.4. The smallest absolute Gasteiger partial charge is 0.368 e. The maximum absolute atomic E-state index is 13.1. The van der Waals surface area contributed by atoms with Gasteiger partial charge in [-0.05, 0) is 34.9 Å². The van der Waals surface area contributed by atoms with E-state index in [9.17, 15) is 35.9 Å². The summed E-state index contributed by atoms with van der Waals surface area (Å²) < 4.78 is 78.8. The maximum atomic E-state index is 13.1. The van der Waals surface area contributed by atoms with Gasteiger partial charge in [0.15, 0.2) is 0 Å². The van der Waals surface area contributed by atoms with E-state index < -0.39 is 59.2 Å². The number of primary amides is 1. The van der Waals surface area contributed by atoms with Crippen LogP contribution in [-0.4, -0.2) is 17.9 Å². The van der Waals surface area contributed by atoms with E-state index in [0.29, 0.717) is 23.3 Å². The van der Waals surface area contributed by atoms with Crippen LogP contribution in [0, 0.1) is 0 Å². The first-order valence-electron chi connectivity index (χ1n) is 10.3. The number of hydrogen-bond donors (Lipinski definition) is 2. The number of alkyl halides is 6. The SMILES string of the molecule is NC(=O)[C@@H](NC(=O)Cc1cc(C(F)(F)F)cc(C(F)(F)F)c1)C(c1ccccc1)c1ccccc1. The third-order valence-corrected chi connectivity index (χ3v) is 5.29. The number of rotatable bonds is 7. The molecule has 0 fully saturated rings. The Morgan fingerprint density at radius 2 is 1.17 bits per heavy atom. The second-order valence-electron chi connectivity index (χ2n) is 7.84. The second-order valence-corrected chi connectivity index (χ2v) is 7.84. The molecule has 0 saturated heterocycles. The molecule has 0 aromatic heterocycles. The molecule has 3 rings (SSSR count). The molecule has 2 amide bonds. The largest absolute Gasteiger partial charge is 0.416 e. The van der Waals surface area contributed by atoms with Crippen molar-refractivity contribution in [3.05, 3.63) is 107 Å². The average Bonchev–Trinajstić information content (AvgIpc) is 2.78. The molecule has 3 aromatic rings. The topological polar surface area (TPSA) is 72.2 Å². The van der Waals surface area contributed by atoms with Crippen LogP contribution >= 0.6 is 0 Å². The highest BCUT2D eigenvalue weighted by Gasteiger charge is 2.37. The zero-order valence-electron chi connectivity index (χ0n) is 18.0. The number of carbonyl (C=O) groups excluding carboxylic acids is 2. The Balaban J connectivity index is 1.94. The van der Waals surface area contributed by atoms with Crippen LogP contribution in [0.5, 0.6) is 0 Å². The molecule has 1 atom stereocenters. The minimum absolute atomic E-state index is 0.0194. The Bertz CT molecular complexity index is 1110. The van der Waals surface area contributed by atoms with Crippen molar-refractivity contribution in [2.45, 2.75) is 30.7 Å². The lowest BCUT2D eigenvalue weighted by molar-refractivity contribution is -0.143. The monoisotopic (exact) mass is 494 g/mol. The second kappa shape index (κ2) is 10.2. The third kappa shape index (κ3) is 6.62. The zero-order valence-corrected chi connectivity index (χ0v) is 18.0. The van der Waals surface area contributed by atoms with Crippen molar-refractivity contribution >= 4 is 11.8 Å². The van der Waals surface area contributed by atoms with Gasteiger partial charge >= 0.3 is 12.4 Å². The highest BCUT2D eigenvalue weighted by atomic mass is 19.4. The van der Waals surface area contributed by atoms with Gasteiger partial charge in [-0.2, -0.15) is 26.3 Å². The van der Waals surface area contributed by atoms with Gasteiger partial charge in [-0.15, -0.1) is 0 Å². The molecule has 4 nitrogen and oxygen atoms in total. The molecule has 0 aliphatic heterocycles. The van der Waals surface area contributed by atoms with E-state index in [1.54, 1.807) is 60.7 Å². The minimum atomic E-state index is -5.05. The van der Waals surface area contributed by atoms with E-state index in [0.717, 1.165) is 0 Å². The predicted molar refractivity (Wildman–Crippen MR) is 116 cm³/mol. The van der Waals surface area contributed by atoms with Gasteiger partial charge in [-0.3, -0.25) is 9.59 Å². The van der Waals surface area contributed by atoms with Crippen molar-refractivity contribution in [3.8, 4) is 0 Å². The Morgan fingerprint density at radius 1 is 0.743 bits per heavy atom. The summed E-state index contributed by atoms with van der Waals surface area (Å²) in [7, 11) is 0. The van der Waals surface area contributed by atoms with Gasteiger partial charge in [0.05, 0.1) is 17.5 Å². The molecule has 0 aliphatic carbocycles. The van der Waals surface area contributed by atoms with Crippen LogP contribution in [0.2, 0.25) is 0 Å². The van der Waals surface area contributed by atoms with Crippen LogP contribution in [0.25, 0.3) is 0 Å². The summed E-state index contributed by atoms with van der Waals surface area (Å²) >= 11 is 0. The molecule has 0 heterocycles. The first kappa shape index (κ1) is 25.8. The van der Waals surface area contributed by atoms with E-state index in [2.05, 4.69) is 5.32 Å². The molecule has 35 heavy (non-hydrogen) atoms. The zero-order chi connectivity index (χ0) is 25.8. The van der Waals surface area contributed by atoms with Gasteiger partial charge in [0.2, 0.25) is 11.8 Å². The number of carbonyl (C=O) groups is 2. The predicted octanol–water partition coefficient (Wildman–Crippen LogP) is 5.07. The van der Waals surface area contributed by atoms with Crippen LogP contribution in [0.1, 0.15) is 33.7 Å². The van der Waals surface area contributed by atoms with E-state index in [4.69, 9.17) is 5.73 Å². The summed E-state index contributed by atoms with van der Waals surface area (Å²) in [6, 6.07) is 16.8.